The number of carboxylic acids is 1. The molecule has 1 aromatic heterocycles. The van der Waals surface area contributed by atoms with Gasteiger partial charge in [-0.3, -0.25) is 14.9 Å². The lowest BCUT2D eigenvalue weighted by Crippen LogP contribution is -2.38. The lowest BCUT2D eigenvalue weighted by atomic mass is 10.0. The monoisotopic (exact) mass is 418 g/mol. The first-order chi connectivity index (χ1) is 13.7. The van der Waals surface area contributed by atoms with Crippen molar-refractivity contribution in [1.82, 2.24) is 5.32 Å². The number of primary amides is 2. The van der Waals surface area contributed by atoms with Crippen molar-refractivity contribution in [3.05, 3.63) is 41.5 Å². The van der Waals surface area contributed by atoms with Gasteiger partial charge in [0.1, 0.15) is 11.0 Å². The number of carbonyl (C=O) groups is 3. The van der Waals surface area contributed by atoms with E-state index in [1.54, 1.807) is 6.07 Å². The summed E-state index contributed by atoms with van der Waals surface area (Å²) in [4.78, 5) is 34.9. The molecule has 0 aliphatic rings. The SMILES string of the molecule is CC(C)C[C@H](NCCc1cccc(-c2cc(C(N)=O)c(NC(N)=O)s2)c1)C(=O)O. The lowest BCUT2D eigenvalue weighted by molar-refractivity contribution is -0.139. The number of carboxylic acid groups (broad SMARTS) is 1. The van der Waals surface area contributed by atoms with Gasteiger partial charge in [-0.1, -0.05) is 38.1 Å². The summed E-state index contributed by atoms with van der Waals surface area (Å²) in [7, 11) is 0. The molecule has 0 radical (unpaired) electrons. The highest BCUT2D eigenvalue weighted by molar-refractivity contribution is 7.20. The molecule has 0 aliphatic heterocycles. The van der Waals surface area contributed by atoms with E-state index in [9.17, 15) is 19.5 Å². The molecule has 1 heterocycles. The number of anilines is 1. The lowest BCUT2D eigenvalue weighted by Gasteiger charge is -2.16. The van der Waals surface area contributed by atoms with E-state index in [4.69, 9.17) is 11.5 Å². The van der Waals surface area contributed by atoms with Crippen molar-refractivity contribution >= 4 is 34.2 Å². The predicted octanol–water partition coefficient (Wildman–Crippen LogP) is 2.64. The van der Waals surface area contributed by atoms with Gasteiger partial charge in [-0.15, -0.1) is 11.3 Å². The van der Waals surface area contributed by atoms with Crippen LogP contribution in [0.25, 0.3) is 10.4 Å². The normalized spacial score (nSPS) is 12.0. The average molecular weight is 419 g/mol. The Kier molecular flexibility index (Phi) is 7.74. The van der Waals surface area contributed by atoms with Gasteiger partial charge in [0.15, 0.2) is 0 Å². The van der Waals surface area contributed by atoms with E-state index in [2.05, 4.69) is 10.6 Å². The van der Waals surface area contributed by atoms with Crippen LogP contribution in [0.3, 0.4) is 0 Å². The number of urea groups is 1. The number of hydrogen-bond acceptors (Lipinski definition) is 5. The summed E-state index contributed by atoms with van der Waals surface area (Å²) in [5.41, 5.74) is 12.6. The van der Waals surface area contributed by atoms with Crippen molar-refractivity contribution in [2.45, 2.75) is 32.7 Å². The van der Waals surface area contributed by atoms with Crippen LogP contribution in [0.2, 0.25) is 0 Å². The molecule has 3 amide bonds. The highest BCUT2D eigenvalue weighted by Gasteiger charge is 2.18. The van der Waals surface area contributed by atoms with Crippen LogP contribution < -0.4 is 22.1 Å². The third kappa shape index (κ3) is 6.58. The van der Waals surface area contributed by atoms with Gasteiger partial charge in [-0.2, -0.15) is 0 Å². The quantitative estimate of drug-likeness (QED) is 0.402. The number of hydrogen-bond donors (Lipinski definition) is 5. The molecule has 1 atom stereocenters. The number of nitrogens with one attached hydrogen (secondary N) is 2. The first-order valence-electron chi connectivity index (χ1n) is 9.23. The Morgan fingerprint density at radius 1 is 1.17 bits per heavy atom. The zero-order valence-corrected chi connectivity index (χ0v) is 17.2. The largest absolute Gasteiger partial charge is 0.480 e. The third-order valence-corrected chi connectivity index (χ3v) is 5.35. The summed E-state index contributed by atoms with van der Waals surface area (Å²) in [6.45, 7) is 4.51. The molecule has 8 nitrogen and oxygen atoms in total. The van der Waals surface area contributed by atoms with E-state index in [-0.39, 0.29) is 11.5 Å². The number of thiophene rings is 1. The van der Waals surface area contributed by atoms with Gasteiger partial charge in [-0.25, -0.2) is 4.79 Å². The Balaban J connectivity index is 2.12. The Morgan fingerprint density at radius 2 is 1.90 bits per heavy atom. The Hall–Kier alpha value is -2.91. The second kappa shape index (κ2) is 10.0. The van der Waals surface area contributed by atoms with Gasteiger partial charge >= 0.3 is 12.0 Å². The maximum absolute atomic E-state index is 11.6. The minimum atomic E-state index is -0.848. The zero-order chi connectivity index (χ0) is 21.6. The van der Waals surface area contributed by atoms with Crippen LogP contribution in [-0.2, 0) is 11.2 Å². The molecule has 0 saturated carbocycles. The zero-order valence-electron chi connectivity index (χ0n) is 16.4. The predicted molar refractivity (Wildman–Crippen MR) is 114 cm³/mol. The first-order valence-corrected chi connectivity index (χ1v) is 10.0. The Labute approximate surface area is 173 Å². The highest BCUT2D eigenvalue weighted by Crippen LogP contribution is 2.35. The fourth-order valence-corrected chi connectivity index (χ4v) is 4.00. The molecule has 2 rings (SSSR count). The molecule has 1 aromatic carbocycles. The second-order valence-electron chi connectivity index (χ2n) is 7.13. The highest BCUT2D eigenvalue weighted by atomic mass is 32.1. The fourth-order valence-electron chi connectivity index (χ4n) is 2.93. The smallest absolute Gasteiger partial charge is 0.320 e. The van der Waals surface area contributed by atoms with Crippen molar-refractivity contribution in [1.29, 1.82) is 0 Å². The molecular weight excluding hydrogens is 392 g/mol. The summed E-state index contributed by atoms with van der Waals surface area (Å²) >= 11 is 1.21. The van der Waals surface area contributed by atoms with Crippen molar-refractivity contribution in [2.24, 2.45) is 17.4 Å². The summed E-state index contributed by atoms with van der Waals surface area (Å²) in [5, 5.41) is 15.1. The summed E-state index contributed by atoms with van der Waals surface area (Å²) < 4.78 is 0. The summed E-state index contributed by atoms with van der Waals surface area (Å²) in [5.74, 6) is -1.21. The molecule has 29 heavy (non-hydrogen) atoms. The molecule has 0 saturated heterocycles. The van der Waals surface area contributed by atoms with Crippen LogP contribution in [0.1, 0.15) is 36.2 Å². The Morgan fingerprint density at radius 3 is 2.48 bits per heavy atom. The molecule has 156 valence electrons. The third-order valence-electron chi connectivity index (χ3n) is 4.26. The van der Waals surface area contributed by atoms with E-state index in [1.807, 2.05) is 38.1 Å². The molecule has 0 bridgehead atoms. The molecule has 7 N–H and O–H groups in total. The van der Waals surface area contributed by atoms with Crippen molar-refractivity contribution < 1.29 is 19.5 Å². The molecule has 2 aromatic rings. The van der Waals surface area contributed by atoms with Gasteiger partial charge in [0, 0.05) is 4.88 Å². The molecule has 0 aliphatic carbocycles. The van der Waals surface area contributed by atoms with Crippen LogP contribution >= 0.6 is 11.3 Å². The van der Waals surface area contributed by atoms with E-state index >= 15 is 0 Å². The maximum Gasteiger partial charge on any atom is 0.320 e. The van der Waals surface area contributed by atoms with Crippen LogP contribution in [0.5, 0.6) is 0 Å². The molecule has 9 heteroatoms. The minimum Gasteiger partial charge on any atom is -0.480 e. The summed E-state index contributed by atoms with van der Waals surface area (Å²) in [6.07, 6.45) is 1.21. The van der Waals surface area contributed by atoms with Crippen LogP contribution in [0.15, 0.2) is 30.3 Å². The van der Waals surface area contributed by atoms with Gasteiger partial charge in [0.05, 0.1) is 5.56 Å². The van der Waals surface area contributed by atoms with Crippen LogP contribution in [0.4, 0.5) is 9.80 Å². The molecule has 0 spiro atoms. The number of carbonyl (C=O) groups excluding carboxylic acids is 2. The molecule has 0 unspecified atom stereocenters. The van der Waals surface area contributed by atoms with E-state index in [0.29, 0.717) is 24.4 Å². The molecular formula is C20H26N4O4S. The second-order valence-corrected chi connectivity index (χ2v) is 8.18. The van der Waals surface area contributed by atoms with Crippen molar-refractivity contribution in [3.63, 3.8) is 0 Å². The summed E-state index contributed by atoms with van der Waals surface area (Å²) in [6, 6.07) is 7.97. The number of nitrogens with two attached hydrogens (primary N) is 2. The van der Waals surface area contributed by atoms with Gasteiger partial charge in [-0.05, 0) is 42.5 Å². The standard InChI is InChI=1S/C20H26N4O4S/c1-11(2)8-15(19(26)27)23-7-6-12-4-3-5-13(9-12)16-10-14(17(21)25)18(29-16)24-20(22)28/h3-5,9-11,15,23H,6-8H2,1-2H3,(H2,21,25)(H,26,27)(H3,22,24,28)/t15-/m0/s1. The Bertz CT molecular complexity index is 894. The van der Waals surface area contributed by atoms with Crippen LogP contribution in [0, 0.1) is 5.92 Å². The van der Waals surface area contributed by atoms with Gasteiger partial charge < -0.3 is 21.9 Å². The fraction of sp³-hybridized carbons (Fsp3) is 0.350. The average Bonchev–Trinajstić information content (AvgIpc) is 3.04. The topological polar surface area (TPSA) is 148 Å². The minimum absolute atomic E-state index is 0.203. The van der Waals surface area contributed by atoms with Crippen molar-refractivity contribution in [2.75, 3.05) is 11.9 Å². The van der Waals surface area contributed by atoms with Gasteiger partial charge in [0.2, 0.25) is 0 Å². The molecule has 0 fully saturated rings. The van der Waals surface area contributed by atoms with Crippen molar-refractivity contribution in [3.8, 4) is 10.4 Å². The van der Waals surface area contributed by atoms with E-state index < -0.39 is 23.9 Å². The number of benzene rings is 1. The van der Waals surface area contributed by atoms with E-state index in [1.165, 1.54) is 11.3 Å². The van der Waals surface area contributed by atoms with Gasteiger partial charge in [0.25, 0.3) is 5.91 Å². The number of amides is 3. The number of aliphatic carboxylic acids is 1. The maximum atomic E-state index is 11.6. The van der Waals surface area contributed by atoms with Crippen LogP contribution in [-0.4, -0.2) is 35.6 Å². The first kappa shape index (κ1) is 22.4. The number of rotatable bonds is 10. The van der Waals surface area contributed by atoms with E-state index in [0.717, 1.165) is 16.0 Å².